The summed E-state index contributed by atoms with van der Waals surface area (Å²) >= 11 is 1.29. The number of nitrogen functional groups attached to an aromatic ring is 1. The van der Waals surface area contributed by atoms with Crippen LogP contribution in [0.15, 0.2) is 0 Å². The fraction of sp³-hybridized carbons (Fsp3) is 0.571. The lowest BCUT2D eigenvalue weighted by molar-refractivity contribution is 0.0963. The molecular weight excluding hydrogens is 288 g/mol. The van der Waals surface area contributed by atoms with Gasteiger partial charge in [-0.1, -0.05) is 13.8 Å². The van der Waals surface area contributed by atoms with Crippen molar-refractivity contribution in [2.45, 2.75) is 13.8 Å². The molecule has 0 aromatic carbocycles. The zero-order valence-electron chi connectivity index (χ0n) is 12.8. The smallest absolute Gasteiger partial charge is 0.263 e. The van der Waals surface area contributed by atoms with Gasteiger partial charge in [0.15, 0.2) is 0 Å². The van der Waals surface area contributed by atoms with Gasteiger partial charge in [0.2, 0.25) is 0 Å². The van der Waals surface area contributed by atoms with E-state index in [1.165, 1.54) is 11.3 Å². The van der Waals surface area contributed by atoms with Crippen molar-refractivity contribution in [2.24, 2.45) is 11.8 Å². The second-order valence-electron chi connectivity index (χ2n) is 5.54. The summed E-state index contributed by atoms with van der Waals surface area (Å²) in [6.45, 7) is 6.14. The van der Waals surface area contributed by atoms with Crippen molar-refractivity contribution >= 4 is 33.8 Å². The number of nitrogens with two attached hydrogens (primary N) is 1. The van der Waals surface area contributed by atoms with Gasteiger partial charge in [-0.05, 0) is 11.8 Å². The van der Waals surface area contributed by atoms with Crippen LogP contribution in [-0.4, -0.2) is 39.0 Å². The molecule has 6 nitrogen and oxygen atoms in total. The first-order valence-electron chi connectivity index (χ1n) is 7.02. The van der Waals surface area contributed by atoms with Crippen molar-refractivity contribution in [2.75, 3.05) is 37.8 Å². The van der Waals surface area contributed by atoms with Crippen molar-refractivity contribution in [3.05, 3.63) is 10.4 Å². The van der Waals surface area contributed by atoms with Gasteiger partial charge in [0, 0.05) is 27.2 Å². The van der Waals surface area contributed by atoms with E-state index in [2.05, 4.69) is 29.4 Å². The van der Waals surface area contributed by atoms with Gasteiger partial charge in [-0.3, -0.25) is 9.59 Å². The second-order valence-corrected chi connectivity index (χ2v) is 6.54. The van der Waals surface area contributed by atoms with Crippen molar-refractivity contribution in [3.63, 3.8) is 0 Å². The molecule has 2 unspecified atom stereocenters. The Bertz CT molecular complexity index is 560. The summed E-state index contributed by atoms with van der Waals surface area (Å²) in [7, 11) is 3.12. The third-order valence-electron chi connectivity index (χ3n) is 4.09. The molecule has 0 spiro atoms. The lowest BCUT2D eigenvalue weighted by Crippen LogP contribution is -2.25. The molecule has 1 fully saturated rings. The lowest BCUT2D eigenvalue weighted by atomic mass is 10.0. The predicted molar refractivity (Wildman–Crippen MR) is 86.1 cm³/mol. The number of nitrogens with one attached hydrogen (secondary N) is 2. The van der Waals surface area contributed by atoms with Crippen LogP contribution in [-0.2, 0) is 0 Å². The van der Waals surface area contributed by atoms with Crippen LogP contribution in [0.4, 0.5) is 10.7 Å². The molecule has 2 rings (SSSR count). The molecule has 0 bridgehead atoms. The highest BCUT2D eigenvalue weighted by Gasteiger charge is 2.33. The van der Waals surface area contributed by atoms with E-state index < -0.39 is 0 Å². The van der Waals surface area contributed by atoms with Gasteiger partial charge in [-0.15, -0.1) is 11.3 Å². The number of carbonyl (C=O) groups is 2. The van der Waals surface area contributed by atoms with Crippen LogP contribution < -0.4 is 21.3 Å². The molecule has 4 N–H and O–H groups in total. The largest absolute Gasteiger partial charge is 0.397 e. The Balaban J connectivity index is 2.49. The topological polar surface area (TPSA) is 87.5 Å². The Kier molecular flexibility index (Phi) is 4.41. The fourth-order valence-corrected chi connectivity index (χ4v) is 3.76. The average Bonchev–Trinajstić information content (AvgIpc) is 2.98. The van der Waals surface area contributed by atoms with Gasteiger partial charge >= 0.3 is 0 Å². The minimum absolute atomic E-state index is 0.249. The van der Waals surface area contributed by atoms with E-state index in [1.807, 2.05) is 0 Å². The number of hydrogen-bond acceptors (Lipinski definition) is 5. The molecule has 2 atom stereocenters. The summed E-state index contributed by atoms with van der Waals surface area (Å²) in [4.78, 5) is 26.6. The number of hydrogen-bond donors (Lipinski definition) is 3. The zero-order valence-corrected chi connectivity index (χ0v) is 13.6. The minimum atomic E-state index is -0.255. The first-order valence-corrected chi connectivity index (χ1v) is 7.83. The molecule has 1 saturated heterocycles. The molecule has 1 aliphatic heterocycles. The Morgan fingerprint density at radius 1 is 1.14 bits per heavy atom. The Labute approximate surface area is 128 Å². The van der Waals surface area contributed by atoms with E-state index in [0.29, 0.717) is 22.3 Å². The van der Waals surface area contributed by atoms with Crippen molar-refractivity contribution in [1.82, 2.24) is 10.6 Å². The first-order chi connectivity index (χ1) is 9.90. The van der Waals surface area contributed by atoms with E-state index in [-0.39, 0.29) is 17.5 Å². The number of carbonyl (C=O) groups excluding carboxylic acids is 2. The molecule has 1 aromatic rings. The summed E-state index contributed by atoms with van der Waals surface area (Å²) < 4.78 is 0. The third-order valence-corrected chi connectivity index (χ3v) is 5.35. The molecule has 7 heteroatoms. The highest BCUT2D eigenvalue weighted by Crippen LogP contribution is 2.41. The summed E-state index contributed by atoms with van der Waals surface area (Å²) in [5.41, 5.74) is 6.74. The van der Waals surface area contributed by atoms with E-state index in [9.17, 15) is 9.59 Å². The van der Waals surface area contributed by atoms with Crippen LogP contribution in [0.5, 0.6) is 0 Å². The van der Waals surface area contributed by atoms with E-state index in [1.54, 1.807) is 14.1 Å². The normalized spacial score (nSPS) is 21.4. The van der Waals surface area contributed by atoms with E-state index in [0.717, 1.165) is 18.1 Å². The van der Waals surface area contributed by atoms with Gasteiger partial charge in [0.1, 0.15) is 9.88 Å². The molecule has 0 radical (unpaired) electrons. The quantitative estimate of drug-likeness (QED) is 0.781. The number of thiophene rings is 1. The summed E-state index contributed by atoms with van der Waals surface area (Å²) in [6, 6.07) is 0. The fourth-order valence-electron chi connectivity index (χ4n) is 2.58. The van der Waals surface area contributed by atoms with Crippen LogP contribution >= 0.6 is 11.3 Å². The molecule has 2 heterocycles. The molecule has 1 aliphatic rings. The zero-order chi connectivity index (χ0) is 15.7. The standard InChI is InChI=1S/C14H22N4O2S/c1-7-5-18(6-8(7)2)14-9(12(19)16-3)10(15)11(21-14)13(20)17-4/h7-8H,5-6,15H2,1-4H3,(H,16,19)(H,17,20). The maximum atomic E-state index is 12.2. The summed E-state index contributed by atoms with van der Waals surface area (Å²) in [6.07, 6.45) is 0. The van der Waals surface area contributed by atoms with Gasteiger partial charge in [-0.2, -0.15) is 0 Å². The molecule has 1 aromatic heterocycles. The number of amides is 2. The van der Waals surface area contributed by atoms with E-state index >= 15 is 0 Å². The van der Waals surface area contributed by atoms with Gasteiger partial charge in [0.05, 0.1) is 11.3 Å². The Hall–Kier alpha value is -1.76. The highest BCUT2D eigenvalue weighted by atomic mass is 32.1. The number of rotatable bonds is 3. The van der Waals surface area contributed by atoms with Crippen LogP contribution in [0.2, 0.25) is 0 Å². The number of anilines is 2. The minimum Gasteiger partial charge on any atom is -0.397 e. The van der Waals surface area contributed by atoms with Gasteiger partial charge < -0.3 is 21.3 Å². The Morgan fingerprint density at radius 2 is 1.67 bits per heavy atom. The monoisotopic (exact) mass is 310 g/mol. The highest BCUT2D eigenvalue weighted by molar-refractivity contribution is 7.19. The van der Waals surface area contributed by atoms with Gasteiger partial charge in [0.25, 0.3) is 11.8 Å². The van der Waals surface area contributed by atoms with Crippen LogP contribution in [0.25, 0.3) is 0 Å². The van der Waals surface area contributed by atoms with Crippen LogP contribution in [0.1, 0.15) is 33.9 Å². The van der Waals surface area contributed by atoms with Crippen molar-refractivity contribution in [1.29, 1.82) is 0 Å². The van der Waals surface area contributed by atoms with E-state index in [4.69, 9.17) is 5.73 Å². The average molecular weight is 310 g/mol. The Morgan fingerprint density at radius 3 is 2.14 bits per heavy atom. The first kappa shape index (κ1) is 15.6. The molecule has 116 valence electrons. The van der Waals surface area contributed by atoms with Crippen molar-refractivity contribution in [3.8, 4) is 0 Å². The SMILES string of the molecule is CNC(=O)c1sc(N2CC(C)C(C)C2)c(C(=O)NC)c1N. The lowest BCUT2D eigenvalue weighted by Gasteiger charge is -2.17. The molecule has 0 saturated carbocycles. The molecule has 2 amide bonds. The van der Waals surface area contributed by atoms with Crippen LogP contribution in [0, 0.1) is 11.8 Å². The number of nitrogens with zero attached hydrogens (tertiary/aromatic N) is 1. The van der Waals surface area contributed by atoms with Crippen LogP contribution in [0.3, 0.4) is 0 Å². The van der Waals surface area contributed by atoms with Gasteiger partial charge in [-0.25, -0.2) is 0 Å². The van der Waals surface area contributed by atoms with Crippen molar-refractivity contribution < 1.29 is 9.59 Å². The maximum absolute atomic E-state index is 12.2. The molecule has 0 aliphatic carbocycles. The third kappa shape index (κ3) is 2.70. The maximum Gasteiger partial charge on any atom is 0.263 e. The summed E-state index contributed by atoms with van der Waals surface area (Å²) in [5.74, 6) is 0.596. The molecule has 21 heavy (non-hydrogen) atoms. The summed E-state index contributed by atoms with van der Waals surface area (Å²) in [5, 5.41) is 5.97. The second kappa shape index (κ2) is 5.93. The molecular formula is C14H22N4O2S. The predicted octanol–water partition coefficient (Wildman–Crippen LogP) is 1.14.